The molecule has 2 rings (SSSR count). The van der Waals surface area contributed by atoms with E-state index in [-0.39, 0.29) is 0 Å². The maximum Gasteiger partial charge on any atom is 0.124 e. The van der Waals surface area contributed by atoms with Crippen LogP contribution >= 0.6 is 11.6 Å². The van der Waals surface area contributed by atoms with Gasteiger partial charge in [-0.2, -0.15) is 0 Å². The van der Waals surface area contributed by atoms with Crippen LogP contribution in [0.4, 0.5) is 0 Å². The fourth-order valence-electron chi connectivity index (χ4n) is 3.01. The quantitative estimate of drug-likeness (QED) is 0.806. The van der Waals surface area contributed by atoms with Gasteiger partial charge in [0, 0.05) is 23.2 Å². The summed E-state index contributed by atoms with van der Waals surface area (Å²) in [6.45, 7) is 5.55. The average Bonchev–Trinajstić information content (AvgIpc) is 2.58. The summed E-state index contributed by atoms with van der Waals surface area (Å²) in [6.07, 6.45) is 6.45. The first-order chi connectivity index (χ1) is 9.52. The number of ether oxygens (including phenoxy) is 1. The Morgan fingerprint density at radius 3 is 2.85 bits per heavy atom. The van der Waals surface area contributed by atoms with E-state index in [1.165, 1.54) is 32.1 Å². The van der Waals surface area contributed by atoms with Gasteiger partial charge in [0.1, 0.15) is 5.75 Å². The van der Waals surface area contributed by atoms with Crippen molar-refractivity contribution in [1.29, 1.82) is 0 Å². The zero-order valence-electron chi connectivity index (χ0n) is 12.8. The van der Waals surface area contributed by atoms with Gasteiger partial charge >= 0.3 is 0 Å². The van der Waals surface area contributed by atoms with E-state index >= 15 is 0 Å². The zero-order valence-corrected chi connectivity index (χ0v) is 13.6. The Morgan fingerprint density at radius 1 is 1.30 bits per heavy atom. The minimum absolute atomic E-state index is 0.499. The van der Waals surface area contributed by atoms with Gasteiger partial charge in [0.15, 0.2) is 0 Å². The Hall–Kier alpha value is -0.730. The van der Waals surface area contributed by atoms with Crippen molar-refractivity contribution in [3.8, 4) is 5.75 Å². The van der Waals surface area contributed by atoms with Gasteiger partial charge in [-0.3, -0.25) is 0 Å². The highest BCUT2D eigenvalue weighted by atomic mass is 35.5. The Labute approximate surface area is 127 Å². The van der Waals surface area contributed by atoms with Crippen LogP contribution in [-0.2, 0) is 6.54 Å². The highest BCUT2D eigenvalue weighted by Crippen LogP contribution is 2.34. The highest BCUT2D eigenvalue weighted by Gasteiger charge is 2.24. The van der Waals surface area contributed by atoms with Crippen LogP contribution in [0.15, 0.2) is 18.2 Å². The van der Waals surface area contributed by atoms with Gasteiger partial charge < -0.3 is 10.1 Å². The Balaban J connectivity index is 1.95. The van der Waals surface area contributed by atoms with Crippen molar-refractivity contribution >= 4 is 11.6 Å². The van der Waals surface area contributed by atoms with Crippen LogP contribution in [0.2, 0.25) is 5.02 Å². The lowest BCUT2D eigenvalue weighted by Gasteiger charge is -2.22. The second-order valence-electron chi connectivity index (χ2n) is 6.59. The van der Waals surface area contributed by atoms with Crippen LogP contribution in [0.5, 0.6) is 5.75 Å². The Kier molecular flexibility index (Phi) is 5.34. The molecule has 1 saturated carbocycles. The molecular weight excluding hydrogens is 270 g/mol. The minimum Gasteiger partial charge on any atom is -0.496 e. The molecule has 0 bridgehead atoms. The predicted octanol–water partition coefficient (Wildman–Crippen LogP) is 4.80. The topological polar surface area (TPSA) is 21.3 Å². The molecule has 1 N–H and O–H groups in total. The molecule has 20 heavy (non-hydrogen) atoms. The van der Waals surface area contributed by atoms with Crippen LogP contribution in [0.1, 0.15) is 51.5 Å². The Bertz CT molecular complexity index is 445. The normalized spacial score (nSPS) is 22.3. The molecule has 1 aliphatic carbocycles. The van der Waals surface area contributed by atoms with E-state index in [2.05, 4.69) is 19.2 Å². The van der Waals surface area contributed by atoms with Crippen molar-refractivity contribution in [1.82, 2.24) is 5.32 Å². The number of methoxy groups -OCH3 is 1. The first kappa shape index (κ1) is 15.7. The number of benzene rings is 1. The standard InChI is InChI=1S/C17H26ClNO/c1-17(2)10-5-6-13(9-11-17)19-12-14-15(18)7-4-8-16(14)20-3/h4,7-8,13,19H,5-6,9-12H2,1-3H3. The van der Waals surface area contributed by atoms with Crippen LogP contribution in [-0.4, -0.2) is 13.2 Å². The van der Waals surface area contributed by atoms with Crippen LogP contribution < -0.4 is 10.1 Å². The van der Waals surface area contributed by atoms with E-state index < -0.39 is 0 Å². The molecule has 1 unspecified atom stereocenters. The number of hydrogen-bond donors (Lipinski definition) is 1. The molecule has 1 aliphatic rings. The first-order valence-electron chi connectivity index (χ1n) is 7.56. The van der Waals surface area contributed by atoms with Gasteiger partial charge in [0.05, 0.1) is 7.11 Å². The molecule has 0 radical (unpaired) electrons. The molecule has 112 valence electrons. The summed E-state index contributed by atoms with van der Waals surface area (Å²) in [5.74, 6) is 0.874. The number of nitrogens with one attached hydrogen (secondary N) is 1. The summed E-state index contributed by atoms with van der Waals surface area (Å²) < 4.78 is 5.40. The van der Waals surface area contributed by atoms with Crippen LogP contribution in [0.3, 0.4) is 0 Å². The molecule has 0 amide bonds. The number of rotatable bonds is 4. The molecule has 1 fully saturated rings. The zero-order chi connectivity index (χ0) is 14.6. The minimum atomic E-state index is 0.499. The molecule has 0 heterocycles. The second kappa shape index (κ2) is 6.82. The van der Waals surface area contributed by atoms with Crippen molar-refractivity contribution in [2.24, 2.45) is 5.41 Å². The lowest BCUT2D eigenvalue weighted by molar-refractivity contribution is 0.309. The van der Waals surface area contributed by atoms with Crippen molar-refractivity contribution < 1.29 is 4.74 Å². The van der Waals surface area contributed by atoms with Gasteiger partial charge in [-0.1, -0.05) is 37.9 Å². The van der Waals surface area contributed by atoms with Gasteiger partial charge in [0.2, 0.25) is 0 Å². The van der Waals surface area contributed by atoms with Crippen molar-refractivity contribution in [3.05, 3.63) is 28.8 Å². The molecule has 2 nitrogen and oxygen atoms in total. The number of halogens is 1. The average molecular weight is 296 g/mol. The fraction of sp³-hybridized carbons (Fsp3) is 0.647. The van der Waals surface area contributed by atoms with Gasteiger partial charge in [-0.05, 0) is 43.2 Å². The summed E-state index contributed by atoms with van der Waals surface area (Å²) in [5.41, 5.74) is 1.57. The van der Waals surface area contributed by atoms with Gasteiger partial charge in [-0.25, -0.2) is 0 Å². The van der Waals surface area contributed by atoms with E-state index in [9.17, 15) is 0 Å². The summed E-state index contributed by atoms with van der Waals surface area (Å²) in [7, 11) is 1.70. The lowest BCUT2D eigenvalue weighted by Crippen LogP contribution is -2.28. The molecule has 0 spiro atoms. The summed E-state index contributed by atoms with van der Waals surface area (Å²) >= 11 is 6.28. The lowest BCUT2D eigenvalue weighted by atomic mass is 9.85. The van der Waals surface area contributed by atoms with E-state index in [0.717, 1.165) is 22.9 Å². The highest BCUT2D eigenvalue weighted by molar-refractivity contribution is 6.31. The van der Waals surface area contributed by atoms with E-state index in [1.807, 2.05) is 18.2 Å². The van der Waals surface area contributed by atoms with Gasteiger partial charge in [0.25, 0.3) is 0 Å². The summed E-state index contributed by atoms with van der Waals surface area (Å²) in [5, 5.41) is 4.45. The van der Waals surface area contributed by atoms with E-state index in [4.69, 9.17) is 16.3 Å². The largest absolute Gasteiger partial charge is 0.496 e. The molecule has 1 aromatic carbocycles. The third-order valence-corrected chi connectivity index (χ3v) is 4.79. The SMILES string of the molecule is COc1cccc(Cl)c1CNC1CCCC(C)(C)CC1. The molecule has 1 atom stereocenters. The van der Waals surface area contributed by atoms with Crippen LogP contribution in [0, 0.1) is 5.41 Å². The maximum atomic E-state index is 6.28. The third kappa shape index (κ3) is 4.13. The fourth-order valence-corrected chi connectivity index (χ4v) is 3.25. The predicted molar refractivity (Wildman–Crippen MR) is 85.5 cm³/mol. The summed E-state index contributed by atoms with van der Waals surface area (Å²) in [4.78, 5) is 0. The van der Waals surface area contributed by atoms with Crippen molar-refractivity contribution in [2.45, 2.75) is 58.5 Å². The molecule has 3 heteroatoms. The van der Waals surface area contributed by atoms with E-state index in [0.29, 0.717) is 11.5 Å². The number of hydrogen-bond acceptors (Lipinski definition) is 2. The molecule has 1 aromatic rings. The smallest absolute Gasteiger partial charge is 0.124 e. The molecule has 0 saturated heterocycles. The van der Waals surface area contributed by atoms with E-state index in [1.54, 1.807) is 7.11 Å². The Morgan fingerprint density at radius 2 is 2.10 bits per heavy atom. The first-order valence-corrected chi connectivity index (χ1v) is 7.94. The molecule has 0 aliphatic heterocycles. The molecule has 0 aromatic heterocycles. The van der Waals surface area contributed by atoms with Crippen molar-refractivity contribution in [2.75, 3.05) is 7.11 Å². The summed E-state index contributed by atoms with van der Waals surface area (Å²) in [6, 6.07) is 6.42. The van der Waals surface area contributed by atoms with Crippen LogP contribution in [0.25, 0.3) is 0 Å². The third-order valence-electron chi connectivity index (χ3n) is 4.44. The van der Waals surface area contributed by atoms with Gasteiger partial charge in [-0.15, -0.1) is 0 Å². The second-order valence-corrected chi connectivity index (χ2v) is 7.00. The maximum absolute atomic E-state index is 6.28. The van der Waals surface area contributed by atoms with Crippen molar-refractivity contribution in [3.63, 3.8) is 0 Å². The monoisotopic (exact) mass is 295 g/mol. The molecular formula is C17H26ClNO.